The molecule has 3 nitrogen and oxygen atoms in total. The van der Waals surface area contributed by atoms with Gasteiger partial charge < -0.3 is 10.2 Å². The van der Waals surface area contributed by atoms with Crippen molar-refractivity contribution in [3.63, 3.8) is 0 Å². The standard InChI is InChI=1S/C16H20N2O/c1-6-17-12(2)15(13(3)18(4)5)16(19)14-10-8-7-9-11-14/h6-11,17H,1-2H2,3-5H3/b15-13+. The molecular weight excluding hydrogens is 236 g/mol. The SMILES string of the molecule is C=CNC(=C)/C(C(=O)c1ccccc1)=C(/C)N(C)C. The van der Waals surface area contributed by atoms with Crippen LogP contribution >= 0.6 is 0 Å². The van der Waals surface area contributed by atoms with E-state index >= 15 is 0 Å². The van der Waals surface area contributed by atoms with Crippen molar-refractivity contribution in [2.45, 2.75) is 6.92 Å². The molecule has 0 unspecified atom stereocenters. The van der Waals surface area contributed by atoms with Crippen molar-refractivity contribution < 1.29 is 4.79 Å². The highest BCUT2D eigenvalue weighted by Gasteiger charge is 2.18. The molecule has 0 amide bonds. The van der Waals surface area contributed by atoms with E-state index in [4.69, 9.17) is 0 Å². The Morgan fingerprint density at radius 2 is 1.84 bits per heavy atom. The Morgan fingerprint density at radius 3 is 2.32 bits per heavy atom. The van der Waals surface area contributed by atoms with E-state index in [2.05, 4.69) is 18.5 Å². The van der Waals surface area contributed by atoms with E-state index in [9.17, 15) is 4.79 Å². The Kier molecular flexibility index (Phi) is 5.12. The first-order valence-corrected chi connectivity index (χ1v) is 6.03. The largest absolute Gasteiger partial charge is 0.381 e. The molecule has 1 rings (SSSR count). The second kappa shape index (κ2) is 6.59. The van der Waals surface area contributed by atoms with Crippen LogP contribution in [0.25, 0.3) is 0 Å². The van der Waals surface area contributed by atoms with Crippen LogP contribution < -0.4 is 5.32 Å². The summed E-state index contributed by atoms with van der Waals surface area (Å²) in [6.07, 6.45) is 1.52. The minimum Gasteiger partial charge on any atom is -0.381 e. The second-order valence-electron chi connectivity index (χ2n) is 4.38. The summed E-state index contributed by atoms with van der Waals surface area (Å²) in [5.41, 5.74) is 2.62. The molecule has 0 aliphatic rings. The maximum atomic E-state index is 12.6. The van der Waals surface area contributed by atoms with Crippen LogP contribution in [0.1, 0.15) is 17.3 Å². The molecule has 1 aromatic carbocycles. The molecule has 0 fully saturated rings. The topological polar surface area (TPSA) is 32.3 Å². The monoisotopic (exact) mass is 256 g/mol. The van der Waals surface area contributed by atoms with Gasteiger partial charge in [-0.3, -0.25) is 4.79 Å². The highest BCUT2D eigenvalue weighted by atomic mass is 16.1. The van der Waals surface area contributed by atoms with Gasteiger partial charge in [-0.1, -0.05) is 43.5 Å². The summed E-state index contributed by atoms with van der Waals surface area (Å²) in [7, 11) is 3.80. The van der Waals surface area contributed by atoms with Gasteiger partial charge in [-0.25, -0.2) is 0 Å². The Balaban J connectivity index is 3.26. The third kappa shape index (κ3) is 3.58. The van der Waals surface area contributed by atoms with Crippen LogP contribution in [-0.2, 0) is 0 Å². The van der Waals surface area contributed by atoms with Gasteiger partial charge in [-0.15, -0.1) is 0 Å². The molecule has 0 atom stereocenters. The van der Waals surface area contributed by atoms with Gasteiger partial charge in [0.05, 0.1) is 5.57 Å². The van der Waals surface area contributed by atoms with Gasteiger partial charge in [0.25, 0.3) is 0 Å². The summed E-state index contributed by atoms with van der Waals surface area (Å²) in [6.45, 7) is 9.40. The molecule has 0 spiro atoms. The number of rotatable bonds is 6. The first-order valence-electron chi connectivity index (χ1n) is 6.03. The zero-order valence-electron chi connectivity index (χ0n) is 11.7. The second-order valence-corrected chi connectivity index (χ2v) is 4.38. The molecule has 0 aromatic heterocycles. The maximum absolute atomic E-state index is 12.6. The van der Waals surface area contributed by atoms with Crippen LogP contribution in [-0.4, -0.2) is 24.8 Å². The minimum absolute atomic E-state index is 0.0499. The number of Topliss-reactive ketones (excluding diaryl/α,β-unsaturated/α-hetero) is 1. The van der Waals surface area contributed by atoms with Crippen molar-refractivity contribution in [2.24, 2.45) is 0 Å². The fraction of sp³-hybridized carbons (Fsp3) is 0.188. The molecule has 1 N–H and O–H groups in total. The lowest BCUT2D eigenvalue weighted by atomic mass is 9.99. The van der Waals surface area contributed by atoms with Gasteiger partial charge in [0.1, 0.15) is 0 Å². The van der Waals surface area contributed by atoms with E-state index in [1.807, 2.05) is 44.1 Å². The average molecular weight is 256 g/mol. The van der Waals surface area contributed by atoms with Crippen molar-refractivity contribution in [3.05, 3.63) is 72.2 Å². The Labute approximate surface area is 114 Å². The Hall–Kier alpha value is -2.29. The molecule has 0 aliphatic heterocycles. The third-order valence-electron chi connectivity index (χ3n) is 2.87. The molecule has 19 heavy (non-hydrogen) atoms. The third-order valence-corrected chi connectivity index (χ3v) is 2.87. The normalized spacial score (nSPS) is 11.3. The number of carbonyl (C=O) groups excluding carboxylic acids is 1. The molecule has 0 bridgehead atoms. The average Bonchev–Trinajstić information content (AvgIpc) is 2.40. The van der Waals surface area contributed by atoms with Crippen molar-refractivity contribution in [3.8, 4) is 0 Å². The predicted octanol–water partition coefficient (Wildman–Crippen LogP) is 2.95. The molecule has 100 valence electrons. The molecule has 0 saturated heterocycles. The van der Waals surface area contributed by atoms with Crippen LogP contribution in [0.3, 0.4) is 0 Å². The number of allylic oxidation sites excluding steroid dienone is 2. The number of nitrogens with zero attached hydrogens (tertiary/aromatic N) is 1. The Morgan fingerprint density at radius 1 is 1.26 bits per heavy atom. The van der Waals surface area contributed by atoms with Gasteiger partial charge in [0, 0.05) is 31.1 Å². The van der Waals surface area contributed by atoms with Crippen LogP contribution in [0, 0.1) is 0 Å². The maximum Gasteiger partial charge on any atom is 0.196 e. The number of nitrogens with one attached hydrogen (secondary N) is 1. The predicted molar refractivity (Wildman–Crippen MR) is 79.6 cm³/mol. The summed E-state index contributed by atoms with van der Waals surface area (Å²) < 4.78 is 0. The van der Waals surface area contributed by atoms with E-state index < -0.39 is 0 Å². The number of ketones is 1. The van der Waals surface area contributed by atoms with Gasteiger partial charge in [0.2, 0.25) is 0 Å². The van der Waals surface area contributed by atoms with Gasteiger partial charge in [-0.2, -0.15) is 0 Å². The van der Waals surface area contributed by atoms with Crippen molar-refractivity contribution >= 4 is 5.78 Å². The molecule has 0 heterocycles. The van der Waals surface area contributed by atoms with E-state index in [1.165, 1.54) is 6.20 Å². The summed E-state index contributed by atoms with van der Waals surface area (Å²) in [4.78, 5) is 14.5. The molecule has 1 aromatic rings. The van der Waals surface area contributed by atoms with E-state index in [0.29, 0.717) is 16.8 Å². The quantitative estimate of drug-likeness (QED) is 0.482. The number of hydrogen-bond donors (Lipinski definition) is 1. The van der Waals surface area contributed by atoms with Crippen LogP contribution in [0.4, 0.5) is 0 Å². The minimum atomic E-state index is -0.0499. The molecule has 0 radical (unpaired) electrons. The van der Waals surface area contributed by atoms with Crippen LogP contribution in [0.15, 0.2) is 66.7 Å². The molecular formula is C16H20N2O. The first-order chi connectivity index (χ1) is 8.99. The summed E-state index contributed by atoms with van der Waals surface area (Å²) >= 11 is 0. The van der Waals surface area contributed by atoms with E-state index in [-0.39, 0.29) is 5.78 Å². The van der Waals surface area contributed by atoms with Gasteiger partial charge in [0.15, 0.2) is 5.78 Å². The van der Waals surface area contributed by atoms with Crippen molar-refractivity contribution in [1.29, 1.82) is 0 Å². The highest BCUT2D eigenvalue weighted by molar-refractivity contribution is 6.11. The van der Waals surface area contributed by atoms with E-state index in [0.717, 1.165) is 5.70 Å². The lowest BCUT2D eigenvalue weighted by molar-refractivity contribution is 0.103. The van der Waals surface area contributed by atoms with Crippen LogP contribution in [0.5, 0.6) is 0 Å². The van der Waals surface area contributed by atoms with Gasteiger partial charge >= 0.3 is 0 Å². The van der Waals surface area contributed by atoms with Gasteiger partial charge in [-0.05, 0) is 13.1 Å². The number of hydrogen-bond acceptors (Lipinski definition) is 3. The summed E-state index contributed by atoms with van der Waals surface area (Å²) in [5, 5.41) is 2.90. The van der Waals surface area contributed by atoms with Crippen molar-refractivity contribution in [1.82, 2.24) is 10.2 Å². The van der Waals surface area contributed by atoms with E-state index in [1.54, 1.807) is 12.1 Å². The number of carbonyl (C=O) groups is 1. The van der Waals surface area contributed by atoms with Crippen LogP contribution in [0.2, 0.25) is 0 Å². The zero-order chi connectivity index (χ0) is 14.4. The highest BCUT2D eigenvalue weighted by Crippen LogP contribution is 2.19. The zero-order valence-corrected chi connectivity index (χ0v) is 11.7. The molecule has 3 heteroatoms. The first kappa shape index (κ1) is 14.8. The van der Waals surface area contributed by atoms with Crippen molar-refractivity contribution in [2.75, 3.05) is 14.1 Å². The lowest BCUT2D eigenvalue weighted by Crippen LogP contribution is -2.20. The fourth-order valence-electron chi connectivity index (χ4n) is 1.67. The fourth-order valence-corrected chi connectivity index (χ4v) is 1.67. The number of benzene rings is 1. The molecule has 0 saturated carbocycles. The lowest BCUT2D eigenvalue weighted by Gasteiger charge is -2.19. The summed E-state index contributed by atoms with van der Waals surface area (Å²) in [5.74, 6) is -0.0499. The molecule has 0 aliphatic carbocycles. The Bertz CT molecular complexity index is 513. The smallest absolute Gasteiger partial charge is 0.196 e. The summed E-state index contributed by atoms with van der Waals surface area (Å²) in [6, 6.07) is 9.17.